The van der Waals surface area contributed by atoms with E-state index in [2.05, 4.69) is 5.32 Å². The Morgan fingerprint density at radius 2 is 1.88 bits per heavy atom. The Bertz CT molecular complexity index is 802. The Morgan fingerprint density at radius 3 is 2.46 bits per heavy atom. The maximum absolute atomic E-state index is 12.4. The number of carboxylic acid groups (broad SMARTS) is 2. The number of carboxylic acids is 2. The monoisotopic (exact) mass is 379 g/mol. The van der Waals surface area contributed by atoms with Crippen molar-refractivity contribution in [1.82, 2.24) is 0 Å². The first-order valence-electron chi connectivity index (χ1n) is 7.59. The lowest BCUT2D eigenvalue weighted by Crippen LogP contribution is -2.42. The maximum Gasteiger partial charge on any atom is 0.308 e. The van der Waals surface area contributed by atoms with Crippen molar-refractivity contribution >= 4 is 41.1 Å². The van der Waals surface area contributed by atoms with Gasteiger partial charge in [-0.3, -0.25) is 9.59 Å². The van der Waals surface area contributed by atoms with Crippen molar-refractivity contribution in [2.75, 3.05) is 5.32 Å². The van der Waals surface area contributed by atoms with Gasteiger partial charge in [0.15, 0.2) is 0 Å². The third kappa shape index (κ3) is 4.60. The van der Waals surface area contributed by atoms with Crippen molar-refractivity contribution in [3.05, 3.63) is 34.9 Å². The van der Waals surface area contributed by atoms with Gasteiger partial charge < -0.3 is 29.9 Å². The van der Waals surface area contributed by atoms with E-state index in [-0.39, 0.29) is 24.3 Å². The normalized spacial score (nSPS) is 19.2. The minimum atomic E-state index is -1.60. The summed E-state index contributed by atoms with van der Waals surface area (Å²) in [7, 11) is 0. The van der Waals surface area contributed by atoms with Gasteiger partial charge in [-0.1, -0.05) is 17.7 Å². The molecule has 0 spiro atoms. The van der Waals surface area contributed by atoms with E-state index >= 15 is 0 Å². The topological polar surface area (TPSA) is 136 Å². The highest BCUT2D eigenvalue weighted by atomic mass is 35.5. The number of amides is 1. The van der Waals surface area contributed by atoms with Crippen LogP contribution < -0.4 is 20.3 Å². The van der Waals surface area contributed by atoms with E-state index in [9.17, 15) is 29.4 Å². The van der Waals surface area contributed by atoms with Crippen LogP contribution in [-0.4, -0.2) is 23.8 Å². The summed E-state index contributed by atoms with van der Waals surface area (Å²) in [5.74, 6) is -6.57. The molecule has 0 bridgehead atoms. The third-order valence-electron chi connectivity index (χ3n) is 3.85. The van der Waals surface area contributed by atoms with Crippen molar-refractivity contribution in [2.24, 2.45) is 11.8 Å². The van der Waals surface area contributed by atoms with Gasteiger partial charge in [-0.15, -0.1) is 0 Å². The zero-order chi connectivity index (χ0) is 19.4. The quantitative estimate of drug-likeness (QED) is 0.553. The van der Waals surface area contributed by atoms with Crippen molar-refractivity contribution in [2.45, 2.75) is 19.8 Å². The molecule has 0 fully saturated rings. The van der Waals surface area contributed by atoms with Gasteiger partial charge in [0, 0.05) is 35.1 Å². The van der Waals surface area contributed by atoms with Gasteiger partial charge in [0.25, 0.3) is 0 Å². The molecule has 1 amide bonds. The Labute approximate surface area is 153 Å². The van der Waals surface area contributed by atoms with E-state index in [1.165, 1.54) is 18.2 Å². The molecule has 8 nitrogen and oxygen atoms in total. The predicted molar refractivity (Wildman–Crippen MR) is 85.9 cm³/mol. The number of nitrogens with one attached hydrogen (secondary N) is 1. The van der Waals surface area contributed by atoms with Gasteiger partial charge in [-0.25, -0.2) is 0 Å². The van der Waals surface area contributed by atoms with Crippen LogP contribution in [0.4, 0.5) is 5.69 Å². The predicted octanol–water partition coefficient (Wildman–Crippen LogP) is -0.187. The maximum atomic E-state index is 12.4. The molecule has 1 aliphatic rings. The number of hydrogen-bond acceptors (Lipinski definition) is 7. The van der Waals surface area contributed by atoms with Crippen molar-refractivity contribution < 1.29 is 34.1 Å². The zero-order valence-electron chi connectivity index (χ0n) is 13.6. The third-order valence-corrected chi connectivity index (χ3v) is 4.16. The summed E-state index contributed by atoms with van der Waals surface area (Å²) < 4.78 is 4.76. The Balaban J connectivity index is 2.24. The number of halogens is 1. The molecular weight excluding hydrogens is 366 g/mol. The average molecular weight is 380 g/mol. The minimum absolute atomic E-state index is 0.0326. The number of carbonyl (C=O) groups excluding carboxylic acids is 4. The number of anilines is 1. The second-order valence-corrected chi connectivity index (χ2v) is 6.19. The number of esters is 1. The lowest BCUT2D eigenvalue weighted by Gasteiger charge is -2.29. The molecule has 0 heterocycles. The van der Waals surface area contributed by atoms with Crippen molar-refractivity contribution in [3.8, 4) is 5.75 Å². The highest BCUT2D eigenvalue weighted by Crippen LogP contribution is 2.32. The minimum Gasteiger partial charge on any atom is -0.550 e. The van der Waals surface area contributed by atoms with E-state index in [0.29, 0.717) is 5.03 Å². The van der Waals surface area contributed by atoms with Crippen LogP contribution in [0.25, 0.3) is 0 Å². The van der Waals surface area contributed by atoms with Crippen molar-refractivity contribution in [1.29, 1.82) is 0 Å². The first-order valence-corrected chi connectivity index (χ1v) is 7.97. The molecule has 0 radical (unpaired) electrons. The second kappa shape index (κ2) is 8.01. The molecule has 2 atom stereocenters. The first kappa shape index (κ1) is 19.5. The molecule has 9 heteroatoms. The number of hydrogen-bond donors (Lipinski definition) is 1. The lowest BCUT2D eigenvalue weighted by molar-refractivity contribution is -0.313. The summed E-state index contributed by atoms with van der Waals surface area (Å²) in [6.07, 6.45) is 1.62. The number of allylic oxidation sites excluding steroid dienone is 2. The molecular formula is C17H14ClNO7-2. The van der Waals surface area contributed by atoms with Crippen LogP contribution in [0.5, 0.6) is 5.75 Å². The molecule has 1 N–H and O–H groups in total. The van der Waals surface area contributed by atoms with Crippen LogP contribution in [-0.2, 0) is 14.4 Å². The summed E-state index contributed by atoms with van der Waals surface area (Å²) >= 11 is 5.90. The molecule has 0 saturated heterocycles. The zero-order valence-corrected chi connectivity index (χ0v) is 14.4. The molecule has 0 aliphatic heterocycles. The molecule has 1 aliphatic carbocycles. The van der Waals surface area contributed by atoms with Crippen LogP contribution in [0, 0.1) is 11.8 Å². The summed E-state index contributed by atoms with van der Waals surface area (Å²) in [6.45, 7) is 1.11. The highest BCUT2D eigenvalue weighted by molar-refractivity contribution is 6.29. The van der Waals surface area contributed by atoms with E-state index in [1.54, 1.807) is 0 Å². The molecule has 0 unspecified atom stereocenters. The molecule has 0 aromatic heterocycles. The van der Waals surface area contributed by atoms with E-state index in [1.807, 2.05) is 0 Å². The summed E-state index contributed by atoms with van der Waals surface area (Å²) in [6, 6.07) is 3.56. The van der Waals surface area contributed by atoms with Gasteiger partial charge in [0.1, 0.15) is 5.75 Å². The molecule has 138 valence electrons. The molecule has 1 aromatic carbocycles. The first-order chi connectivity index (χ1) is 12.2. The second-order valence-electron chi connectivity index (χ2n) is 5.70. The summed E-state index contributed by atoms with van der Waals surface area (Å²) in [4.78, 5) is 45.9. The van der Waals surface area contributed by atoms with Crippen LogP contribution >= 0.6 is 11.6 Å². The van der Waals surface area contributed by atoms with Gasteiger partial charge in [0.2, 0.25) is 5.91 Å². The largest absolute Gasteiger partial charge is 0.550 e. The standard InChI is InChI=1S/C17H16ClNO7/c1-8(20)26-14-5-3-10(7-13(14)17(24)25)19-15(21)12-6-9(18)2-4-11(12)16(22)23/h2-3,5,7,11-12H,4,6H2,1H3,(H,19,21)(H,22,23)(H,24,25)/p-2/t11-,12-/m0/s1. The van der Waals surface area contributed by atoms with Crippen LogP contribution in [0.15, 0.2) is 29.3 Å². The Morgan fingerprint density at radius 1 is 1.19 bits per heavy atom. The van der Waals surface area contributed by atoms with Crippen LogP contribution in [0.1, 0.15) is 30.1 Å². The fraction of sp³-hybridized carbons (Fsp3) is 0.294. The number of carbonyl (C=O) groups is 4. The molecule has 1 aromatic rings. The SMILES string of the molecule is CC(=O)Oc1ccc(NC(=O)[C@H]2CC(Cl)=CC[C@@H]2C(=O)[O-])cc1C(=O)[O-]. The highest BCUT2D eigenvalue weighted by Gasteiger charge is 2.32. The van der Waals surface area contributed by atoms with E-state index in [4.69, 9.17) is 16.3 Å². The summed E-state index contributed by atoms with van der Waals surface area (Å²) in [5.41, 5.74) is -0.358. The van der Waals surface area contributed by atoms with Gasteiger partial charge in [-0.05, 0) is 31.0 Å². The van der Waals surface area contributed by atoms with Crippen LogP contribution in [0.2, 0.25) is 0 Å². The Hall–Kier alpha value is -2.87. The number of rotatable bonds is 5. The Kier molecular flexibility index (Phi) is 5.99. The number of aromatic carboxylic acids is 1. The smallest absolute Gasteiger partial charge is 0.308 e. The van der Waals surface area contributed by atoms with E-state index in [0.717, 1.165) is 13.0 Å². The molecule has 26 heavy (non-hydrogen) atoms. The van der Waals surface area contributed by atoms with Gasteiger partial charge in [-0.2, -0.15) is 0 Å². The number of benzene rings is 1. The summed E-state index contributed by atoms with van der Waals surface area (Å²) in [5, 5.41) is 25.2. The fourth-order valence-corrected chi connectivity index (χ4v) is 2.89. The molecule has 0 saturated carbocycles. The van der Waals surface area contributed by atoms with Crippen LogP contribution in [0.3, 0.4) is 0 Å². The van der Waals surface area contributed by atoms with Gasteiger partial charge in [0.05, 0.1) is 11.9 Å². The molecule has 2 rings (SSSR count). The fourth-order valence-electron chi connectivity index (χ4n) is 2.64. The number of ether oxygens (including phenoxy) is 1. The number of aliphatic carboxylic acids is 1. The van der Waals surface area contributed by atoms with Crippen molar-refractivity contribution in [3.63, 3.8) is 0 Å². The lowest BCUT2D eigenvalue weighted by atomic mass is 9.82. The van der Waals surface area contributed by atoms with E-state index < -0.39 is 41.2 Å². The average Bonchev–Trinajstić information content (AvgIpc) is 2.55. The van der Waals surface area contributed by atoms with Gasteiger partial charge >= 0.3 is 5.97 Å².